The summed E-state index contributed by atoms with van der Waals surface area (Å²) in [6.45, 7) is 8.58. The van der Waals surface area contributed by atoms with Crippen molar-refractivity contribution in [1.82, 2.24) is 10.2 Å². The molecule has 1 aliphatic rings. The first-order valence-corrected chi connectivity index (χ1v) is 7.82. The third kappa shape index (κ3) is 3.19. The topological polar surface area (TPSA) is 49.4 Å². The van der Waals surface area contributed by atoms with E-state index < -0.39 is 0 Å². The number of carbonyl (C=O) groups excluding carboxylic acids is 2. The maximum atomic E-state index is 12.4. The molecule has 5 heteroatoms. The van der Waals surface area contributed by atoms with E-state index in [1.54, 1.807) is 16.7 Å². The SMILES string of the molecule is CCC1NC(=O)C(C(C)(C)C)N(CCSC)C1=O. The monoisotopic (exact) mass is 272 g/mol. The Morgan fingerprint density at radius 1 is 1.33 bits per heavy atom. The Hall–Kier alpha value is -0.710. The molecule has 2 atom stereocenters. The normalized spacial score (nSPS) is 25.3. The minimum absolute atomic E-state index is 0.0185. The summed E-state index contributed by atoms with van der Waals surface area (Å²) in [4.78, 5) is 26.4. The number of carbonyl (C=O) groups is 2. The minimum atomic E-state index is -0.361. The van der Waals surface area contributed by atoms with Gasteiger partial charge in [0.05, 0.1) is 0 Å². The quantitative estimate of drug-likeness (QED) is 0.844. The molecule has 0 spiro atoms. The van der Waals surface area contributed by atoms with Crippen LogP contribution in [0.1, 0.15) is 34.1 Å². The van der Waals surface area contributed by atoms with Crippen LogP contribution in [0.15, 0.2) is 0 Å². The molecule has 4 nitrogen and oxygen atoms in total. The first-order valence-electron chi connectivity index (χ1n) is 6.42. The van der Waals surface area contributed by atoms with Crippen molar-refractivity contribution in [2.24, 2.45) is 5.41 Å². The number of hydrogen-bond donors (Lipinski definition) is 1. The van der Waals surface area contributed by atoms with Gasteiger partial charge >= 0.3 is 0 Å². The lowest BCUT2D eigenvalue weighted by Crippen LogP contribution is -2.66. The van der Waals surface area contributed by atoms with Crippen molar-refractivity contribution in [3.63, 3.8) is 0 Å². The highest BCUT2D eigenvalue weighted by atomic mass is 32.2. The van der Waals surface area contributed by atoms with Gasteiger partial charge in [0, 0.05) is 12.3 Å². The van der Waals surface area contributed by atoms with Gasteiger partial charge in [0.2, 0.25) is 11.8 Å². The lowest BCUT2D eigenvalue weighted by Gasteiger charge is -2.44. The second kappa shape index (κ2) is 5.95. The molecule has 1 N–H and O–H groups in total. The molecule has 1 rings (SSSR count). The van der Waals surface area contributed by atoms with Gasteiger partial charge in [-0.2, -0.15) is 11.8 Å². The summed E-state index contributed by atoms with van der Waals surface area (Å²) in [7, 11) is 0. The summed E-state index contributed by atoms with van der Waals surface area (Å²) in [5.41, 5.74) is -0.239. The van der Waals surface area contributed by atoms with Crippen LogP contribution in [0.3, 0.4) is 0 Å². The standard InChI is InChI=1S/C13H24N2O2S/c1-6-9-12(17)15(7-8-18-5)10(11(16)14-9)13(2,3)4/h9-10H,6-8H2,1-5H3,(H,14,16). The highest BCUT2D eigenvalue weighted by Gasteiger charge is 2.45. The molecule has 0 aliphatic carbocycles. The van der Waals surface area contributed by atoms with Crippen LogP contribution in [-0.4, -0.2) is 47.4 Å². The molecule has 0 aromatic heterocycles. The van der Waals surface area contributed by atoms with Crippen LogP contribution in [0.4, 0.5) is 0 Å². The van der Waals surface area contributed by atoms with Gasteiger partial charge in [-0.15, -0.1) is 0 Å². The molecule has 18 heavy (non-hydrogen) atoms. The Balaban J connectivity index is 2.98. The molecule has 0 aromatic carbocycles. The van der Waals surface area contributed by atoms with Crippen LogP contribution in [0.2, 0.25) is 0 Å². The highest BCUT2D eigenvalue weighted by molar-refractivity contribution is 7.98. The highest BCUT2D eigenvalue weighted by Crippen LogP contribution is 2.28. The Kier molecular flexibility index (Phi) is 5.08. The fourth-order valence-corrected chi connectivity index (χ4v) is 2.73. The second-order valence-electron chi connectivity index (χ2n) is 5.76. The summed E-state index contributed by atoms with van der Waals surface area (Å²) in [6, 6.07) is -0.710. The number of nitrogens with one attached hydrogen (secondary N) is 1. The van der Waals surface area contributed by atoms with Gasteiger partial charge in [-0.3, -0.25) is 9.59 Å². The van der Waals surface area contributed by atoms with Crippen molar-refractivity contribution in [1.29, 1.82) is 0 Å². The van der Waals surface area contributed by atoms with E-state index in [1.807, 2.05) is 34.0 Å². The van der Waals surface area contributed by atoms with E-state index in [0.29, 0.717) is 13.0 Å². The van der Waals surface area contributed by atoms with Crippen molar-refractivity contribution in [3.8, 4) is 0 Å². The number of nitrogens with zero attached hydrogens (tertiary/aromatic N) is 1. The molecule has 1 heterocycles. The van der Waals surface area contributed by atoms with Gasteiger partial charge < -0.3 is 10.2 Å². The van der Waals surface area contributed by atoms with Crippen LogP contribution in [0, 0.1) is 5.41 Å². The van der Waals surface area contributed by atoms with Crippen molar-refractivity contribution in [2.45, 2.75) is 46.2 Å². The second-order valence-corrected chi connectivity index (χ2v) is 6.75. The molecule has 0 bridgehead atoms. The molecule has 1 aliphatic heterocycles. The zero-order valence-electron chi connectivity index (χ0n) is 11.9. The zero-order chi connectivity index (χ0) is 13.9. The Bertz CT molecular complexity index is 325. The van der Waals surface area contributed by atoms with E-state index in [0.717, 1.165) is 5.75 Å². The van der Waals surface area contributed by atoms with E-state index in [1.165, 1.54) is 0 Å². The number of thioether (sulfide) groups is 1. The first kappa shape index (κ1) is 15.3. The Morgan fingerprint density at radius 2 is 1.94 bits per heavy atom. The van der Waals surface area contributed by atoms with Gasteiger partial charge in [0.1, 0.15) is 12.1 Å². The minimum Gasteiger partial charge on any atom is -0.342 e. The zero-order valence-corrected chi connectivity index (χ0v) is 12.8. The van der Waals surface area contributed by atoms with Gasteiger partial charge in [-0.05, 0) is 18.1 Å². The molecule has 0 aromatic rings. The fourth-order valence-electron chi connectivity index (χ4n) is 2.35. The summed E-state index contributed by atoms with van der Waals surface area (Å²) in [5, 5.41) is 2.84. The summed E-state index contributed by atoms with van der Waals surface area (Å²) in [5.74, 6) is 0.906. The predicted molar refractivity (Wildman–Crippen MR) is 75.6 cm³/mol. The summed E-state index contributed by atoms with van der Waals surface area (Å²) in [6.07, 6.45) is 2.66. The van der Waals surface area contributed by atoms with E-state index in [2.05, 4.69) is 5.32 Å². The number of hydrogen-bond acceptors (Lipinski definition) is 3. The maximum Gasteiger partial charge on any atom is 0.245 e. The smallest absolute Gasteiger partial charge is 0.245 e. The third-order valence-electron chi connectivity index (χ3n) is 3.22. The molecule has 0 radical (unpaired) electrons. The largest absolute Gasteiger partial charge is 0.342 e. The molecule has 2 unspecified atom stereocenters. The fraction of sp³-hybridized carbons (Fsp3) is 0.846. The number of piperazine rings is 1. The van der Waals surface area contributed by atoms with Gasteiger partial charge in [-0.25, -0.2) is 0 Å². The van der Waals surface area contributed by atoms with Crippen molar-refractivity contribution >= 4 is 23.6 Å². The Labute approximate surface area is 114 Å². The van der Waals surface area contributed by atoms with Crippen LogP contribution < -0.4 is 5.32 Å². The summed E-state index contributed by atoms with van der Waals surface area (Å²) >= 11 is 1.69. The molecule has 0 saturated carbocycles. The van der Waals surface area contributed by atoms with Gasteiger partial charge in [0.15, 0.2) is 0 Å². The molecular formula is C13H24N2O2S. The number of amides is 2. The van der Waals surface area contributed by atoms with E-state index in [-0.39, 0.29) is 29.3 Å². The van der Waals surface area contributed by atoms with Crippen LogP contribution in [-0.2, 0) is 9.59 Å². The predicted octanol–water partition coefficient (Wildman–Crippen LogP) is 1.50. The molecular weight excluding hydrogens is 248 g/mol. The molecule has 2 amide bonds. The van der Waals surface area contributed by atoms with E-state index >= 15 is 0 Å². The molecule has 1 saturated heterocycles. The Morgan fingerprint density at radius 3 is 2.39 bits per heavy atom. The average Bonchev–Trinajstić information content (AvgIpc) is 2.27. The van der Waals surface area contributed by atoms with Crippen molar-refractivity contribution in [3.05, 3.63) is 0 Å². The van der Waals surface area contributed by atoms with Crippen LogP contribution >= 0.6 is 11.8 Å². The third-order valence-corrected chi connectivity index (χ3v) is 3.81. The van der Waals surface area contributed by atoms with Crippen LogP contribution in [0.5, 0.6) is 0 Å². The lowest BCUT2D eigenvalue weighted by molar-refractivity contribution is -0.153. The average molecular weight is 272 g/mol. The van der Waals surface area contributed by atoms with E-state index in [9.17, 15) is 9.59 Å². The van der Waals surface area contributed by atoms with Crippen LogP contribution in [0.25, 0.3) is 0 Å². The first-order chi connectivity index (χ1) is 8.32. The van der Waals surface area contributed by atoms with Crippen molar-refractivity contribution in [2.75, 3.05) is 18.6 Å². The molecule has 1 fully saturated rings. The summed E-state index contributed by atoms with van der Waals surface area (Å²) < 4.78 is 0. The van der Waals surface area contributed by atoms with Crippen molar-refractivity contribution < 1.29 is 9.59 Å². The van der Waals surface area contributed by atoms with E-state index in [4.69, 9.17) is 0 Å². The van der Waals surface area contributed by atoms with Gasteiger partial charge in [0.25, 0.3) is 0 Å². The maximum absolute atomic E-state index is 12.4. The number of rotatable bonds is 4. The molecule has 104 valence electrons. The lowest BCUT2D eigenvalue weighted by atomic mass is 9.83. The van der Waals surface area contributed by atoms with Gasteiger partial charge in [-0.1, -0.05) is 27.7 Å².